The van der Waals surface area contributed by atoms with E-state index in [1.807, 2.05) is 0 Å². The molecule has 0 radical (unpaired) electrons. The van der Waals surface area contributed by atoms with Crippen molar-refractivity contribution in [2.45, 2.75) is 31.5 Å². The summed E-state index contributed by atoms with van der Waals surface area (Å²) in [5, 5.41) is 3.06. The number of hydrogen-bond donors (Lipinski definition) is 2. The lowest BCUT2D eigenvalue weighted by Gasteiger charge is -2.11. The third-order valence-corrected chi connectivity index (χ3v) is 2.02. The Labute approximate surface area is 85.1 Å². The second-order valence-electron chi connectivity index (χ2n) is 3.43. The number of halogens is 3. The average Bonchev–Trinajstić information content (AvgIpc) is 2.54. The van der Waals surface area contributed by atoms with Gasteiger partial charge in [0.1, 0.15) is 0 Å². The minimum Gasteiger partial charge on any atom is -0.313 e. The van der Waals surface area contributed by atoms with Crippen LogP contribution < -0.4 is 10.8 Å². The zero-order valence-corrected chi connectivity index (χ0v) is 8.06. The third kappa shape index (κ3) is 5.58. The molecular weight excluding hydrogens is 213 g/mol. The fraction of sp³-hybridized carbons (Fsp3) is 0.875. The molecule has 4 nitrogen and oxygen atoms in total. The van der Waals surface area contributed by atoms with Gasteiger partial charge in [0.2, 0.25) is 5.91 Å². The van der Waals surface area contributed by atoms with Crippen molar-refractivity contribution < 1.29 is 22.8 Å². The lowest BCUT2D eigenvalue weighted by Crippen LogP contribution is -2.34. The largest absolute Gasteiger partial charge is 0.414 e. The smallest absolute Gasteiger partial charge is 0.313 e. The second kappa shape index (κ2) is 5.32. The number of carbonyl (C=O) groups is 1. The Morgan fingerprint density at radius 1 is 1.53 bits per heavy atom. The molecule has 1 aliphatic rings. The average molecular weight is 226 g/mol. The highest BCUT2D eigenvalue weighted by atomic mass is 19.4. The van der Waals surface area contributed by atoms with Crippen molar-refractivity contribution in [2.24, 2.45) is 0 Å². The highest BCUT2D eigenvalue weighted by Gasteiger charge is 2.28. The SMILES string of the molecule is O=C(CC1CCCN1)NOCC(F)(F)F. The summed E-state index contributed by atoms with van der Waals surface area (Å²) in [4.78, 5) is 15.1. The van der Waals surface area contributed by atoms with Crippen LogP contribution in [0, 0.1) is 0 Å². The summed E-state index contributed by atoms with van der Waals surface area (Å²) >= 11 is 0. The van der Waals surface area contributed by atoms with Crippen molar-refractivity contribution in [1.29, 1.82) is 0 Å². The maximum absolute atomic E-state index is 11.6. The van der Waals surface area contributed by atoms with Crippen molar-refractivity contribution in [3.8, 4) is 0 Å². The first-order valence-corrected chi connectivity index (χ1v) is 4.68. The molecule has 0 spiro atoms. The predicted molar refractivity (Wildman–Crippen MR) is 45.8 cm³/mol. The van der Waals surface area contributed by atoms with Gasteiger partial charge in [-0.15, -0.1) is 0 Å². The quantitative estimate of drug-likeness (QED) is 0.695. The zero-order chi connectivity index (χ0) is 11.3. The Bertz CT molecular complexity index is 214. The van der Waals surface area contributed by atoms with Gasteiger partial charge in [-0.1, -0.05) is 0 Å². The topological polar surface area (TPSA) is 50.4 Å². The van der Waals surface area contributed by atoms with E-state index < -0.39 is 18.7 Å². The first kappa shape index (κ1) is 12.3. The second-order valence-corrected chi connectivity index (χ2v) is 3.43. The molecule has 1 saturated heterocycles. The summed E-state index contributed by atoms with van der Waals surface area (Å²) in [6.45, 7) is -0.613. The Balaban J connectivity index is 2.08. The third-order valence-electron chi connectivity index (χ3n) is 2.02. The van der Waals surface area contributed by atoms with Crippen LogP contribution >= 0.6 is 0 Å². The molecule has 0 bridgehead atoms. The molecule has 1 aliphatic heterocycles. The van der Waals surface area contributed by atoms with Gasteiger partial charge >= 0.3 is 6.18 Å². The van der Waals surface area contributed by atoms with Crippen LogP contribution in [0.4, 0.5) is 13.2 Å². The maximum atomic E-state index is 11.6. The van der Waals surface area contributed by atoms with Gasteiger partial charge in [0.25, 0.3) is 0 Å². The Kier molecular flexibility index (Phi) is 4.34. The lowest BCUT2D eigenvalue weighted by molar-refractivity contribution is -0.191. The molecular formula is C8H13F3N2O2. The van der Waals surface area contributed by atoms with Crippen molar-refractivity contribution in [1.82, 2.24) is 10.8 Å². The van der Waals surface area contributed by atoms with Gasteiger partial charge in [0, 0.05) is 12.5 Å². The number of alkyl halides is 3. The van der Waals surface area contributed by atoms with Gasteiger partial charge in [0.15, 0.2) is 6.61 Å². The molecule has 88 valence electrons. The summed E-state index contributed by atoms with van der Waals surface area (Å²) in [5.74, 6) is -0.529. The van der Waals surface area contributed by atoms with E-state index in [2.05, 4.69) is 10.2 Å². The van der Waals surface area contributed by atoms with E-state index in [9.17, 15) is 18.0 Å². The highest BCUT2D eigenvalue weighted by molar-refractivity contribution is 5.75. The molecule has 1 amide bonds. The van der Waals surface area contributed by atoms with Crippen LogP contribution in [-0.4, -0.2) is 31.3 Å². The van der Waals surface area contributed by atoms with E-state index in [1.54, 1.807) is 5.48 Å². The summed E-state index contributed by atoms with van der Waals surface area (Å²) in [6, 6.07) is 0.0551. The number of hydroxylamine groups is 1. The molecule has 15 heavy (non-hydrogen) atoms. The fourth-order valence-electron chi connectivity index (χ4n) is 1.39. The van der Waals surface area contributed by atoms with Crippen molar-refractivity contribution in [3.05, 3.63) is 0 Å². The minimum atomic E-state index is -4.42. The molecule has 2 N–H and O–H groups in total. The van der Waals surface area contributed by atoms with Crippen LogP contribution in [0.15, 0.2) is 0 Å². The molecule has 7 heteroatoms. The van der Waals surface area contributed by atoms with Crippen LogP contribution in [0.2, 0.25) is 0 Å². The Morgan fingerprint density at radius 3 is 2.80 bits per heavy atom. The monoisotopic (exact) mass is 226 g/mol. The van der Waals surface area contributed by atoms with Gasteiger partial charge in [-0.25, -0.2) is 5.48 Å². The molecule has 1 heterocycles. The number of rotatable bonds is 4. The summed E-state index contributed by atoms with van der Waals surface area (Å²) in [5.41, 5.74) is 1.77. The van der Waals surface area contributed by atoms with Gasteiger partial charge in [-0.2, -0.15) is 13.2 Å². The standard InChI is InChI=1S/C8H13F3N2O2/c9-8(10,11)5-15-13-7(14)4-6-2-1-3-12-6/h6,12H,1-5H2,(H,13,14). The number of hydrogen-bond acceptors (Lipinski definition) is 3. The first-order valence-electron chi connectivity index (χ1n) is 4.68. The normalized spacial score (nSPS) is 21.7. The molecule has 1 atom stereocenters. The molecule has 1 rings (SSSR count). The van der Waals surface area contributed by atoms with Crippen LogP contribution in [-0.2, 0) is 9.63 Å². The molecule has 1 fully saturated rings. The van der Waals surface area contributed by atoms with Crippen LogP contribution in [0.5, 0.6) is 0 Å². The molecule has 0 aromatic carbocycles. The summed E-state index contributed by atoms with van der Waals surface area (Å²) in [6.07, 6.45) is -2.41. The molecule has 0 aromatic rings. The van der Waals surface area contributed by atoms with E-state index in [0.29, 0.717) is 0 Å². The Morgan fingerprint density at radius 2 is 2.27 bits per heavy atom. The molecule has 0 aromatic heterocycles. The van der Waals surface area contributed by atoms with Crippen LogP contribution in [0.3, 0.4) is 0 Å². The van der Waals surface area contributed by atoms with E-state index in [4.69, 9.17) is 0 Å². The maximum Gasteiger partial charge on any atom is 0.414 e. The van der Waals surface area contributed by atoms with Gasteiger partial charge in [-0.3, -0.25) is 9.63 Å². The van der Waals surface area contributed by atoms with E-state index in [0.717, 1.165) is 19.4 Å². The predicted octanol–water partition coefficient (Wildman–Crippen LogP) is 0.739. The summed E-state index contributed by atoms with van der Waals surface area (Å²) < 4.78 is 34.9. The lowest BCUT2D eigenvalue weighted by atomic mass is 10.1. The van der Waals surface area contributed by atoms with E-state index in [-0.39, 0.29) is 12.5 Å². The van der Waals surface area contributed by atoms with Crippen molar-refractivity contribution >= 4 is 5.91 Å². The van der Waals surface area contributed by atoms with Crippen LogP contribution in [0.25, 0.3) is 0 Å². The molecule has 0 saturated carbocycles. The number of amides is 1. The zero-order valence-electron chi connectivity index (χ0n) is 8.06. The van der Waals surface area contributed by atoms with Crippen LogP contribution in [0.1, 0.15) is 19.3 Å². The van der Waals surface area contributed by atoms with Gasteiger partial charge in [0.05, 0.1) is 0 Å². The van der Waals surface area contributed by atoms with Gasteiger partial charge < -0.3 is 5.32 Å². The van der Waals surface area contributed by atoms with Crippen molar-refractivity contribution in [2.75, 3.05) is 13.2 Å². The van der Waals surface area contributed by atoms with E-state index >= 15 is 0 Å². The Hall–Kier alpha value is -0.820. The summed E-state index contributed by atoms with van der Waals surface area (Å²) in [7, 11) is 0. The molecule has 0 aliphatic carbocycles. The van der Waals surface area contributed by atoms with E-state index in [1.165, 1.54) is 0 Å². The first-order chi connectivity index (χ1) is 6.97. The number of carbonyl (C=O) groups excluding carboxylic acids is 1. The number of nitrogens with one attached hydrogen (secondary N) is 2. The highest BCUT2D eigenvalue weighted by Crippen LogP contribution is 2.13. The molecule has 1 unspecified atom stereocenters. The van der Waals surface area contributed by atoms with Gasteiger partial charge in [-0.05, 0) is 19.4 Å². The fourth-order valence-corrected chi connectivity index (χ4v) is 1.39. The van der Waals surface area contributed by atoms with Crippen molar-refractivity contribution in [3.63, 3.8) is 0 Å². The minimum absolute atomic E-state index is 0.0551.